The summed E-state index contributed by atoms with van der Waals surface area (Å²) in [5.41, 5.74) is 0. The van der Waals surface area contributed by atoms with Crippen LogP contribution in [-0.2, 0) is 4.74 Å². The van der Waals surface area contributed by atoms with Crippen molar-refractivity contribution in [1.29, 1.82) is 0 Å². The number of ether oxygens (including phenoxy) is 1. The van der Waals surface area contributed by atoms with Crippen molar-refractivity contribution in [1.82, 2.24) is 5.32 Å². The Morgan fingerprint density at radius 3 is 2.50 bits per heavy atom. The van der Waals surface area contributed by atoms with E-state index >= 15 is 0 Å². The summed E-state index contributed by atoms with van der Waals surface area (Å²) in [5.74, 6) is 0.718. The third kappa shape index (κ3) is 3.91. The van der Waals surface area contributed by atoms with Crippen molar-refractivity contribution in [2.45, 2.75) is 58.1 Å². The summed E-state index contributed by atoms with van der Waals surface area (Å²) in [4.78, 5) is 0. The van der Waals surface area contributed by atoms with Gasteiger partial charge in [0, 0.05) is 6.61 Å². The molecular weight excluding hydrogens is 198 g/mol. The fourth-order valence-electron chi connectivity index (χ4n) is 2.76. The zero-order valence-electron chi connectivity index (χ0n) is 10.9. The van der Waals surface area contributed by atoms with Crippen LogP contribution in [0.3, 0.4) is 0 Å². The molecule has 2 heteroatoms. The Kier molecular flexibility index (Phi) is 6.74. The SMILES string of the molecule is C=CC(NCC)C(OCC)C1CCCCC1. The van der Waals surface area contributed by atoms with Crippen LogP contribution in [0.1, 0.15) is 46.0 Å². The van der Waals surface area contributed by atoms with Crippen LogP contribution in [0.15, 0.2) is 12.7 Å². The number of rotatable bonds is 7. The Morgan fingerprint density at radius 1 is 1.31 bits per heavy atom. The third-order valence-corrected chi connectivity index (χ3v) is 3.52. The van der Waals surface area contributed by atoms with Crippen molar-refractivity contribution in [3.8, 4) is 0 Å². The molecule has 16 heavy (non-hydrogen) atoms. The van der Waals surface area contributed by atoms with Gasteiger partial charge in [0.2, 0.25) is 0 Å². The molecule has 1 fully saturated rings. The topological polar surface area (TPSA) is 21.3 Å². The molecule has 1 saturated carbocycles. The van der Waals surface area contributed by atoms with Crippen molar-refractivity contribution < 1.29 is 4.74 Å². The third-order valence-electron chi connectivity index (χ3n) is 3.52. The second kappa shape index (κ2) is 7.86. The van der Waals surface area contributed by atoms with Gasteiger partial charge in [-0.25, -0.2) is 0 Å². The first-order valence-electron chi connectivity index (χ1n) is 6.81. The van der Waals surface area contributed by atoms with Gasteiger partial charge in [-0.05, 0) is 32.2 Å². The highest BCUT2D eigenvalue weighted by molar-refractivity contribution is 4.95. The molecular formula is C14H27NO. The van der Waals surface area contributed by atoms with Crippen LogP contribution in [0.25, 0.3) is 0 Å². The average molecular weight is 225 g/mol. The fourth-order valence-corrected chi connectivity index (χ4v) is 2.76. The molecule has 2 atom stereocenters. The number of hydrogen-bond donors (Lipinski definition) is 1. The Labute approximate surface area is 100 Å². The van der Waals surface area contributed by atoms with Gasteiger partial charge in [-0.2, -0.15) is 0 Å². The summed E-state index contributed by atoms with van der Waals surface area (Å²) in [6.07, 6.45) is 9.10. The van der Waals surface area contributed by atoms with Crippen LogP contribution in [0.4, 0.5) is 0 Å². The van der Waals surface area contributed by atoms with E-state index in [2.05, 4.69) is 25.7 Å². The highest BCUT2D eigenvalue weighted by atomic mass is 16.5. The van der Waals surface area contributed by atoms with Gasteiger partial charge in [-0.3, -0.25) is 0 Å². The molecule has 1 N–H and O–H groups in total. The largest absolute Gasteiger partial charge is 0.376 e. The second-order valence-corrected chi connectivity index (χ2v) is 4.64. The van der Waals surface area contributed by atoms with Crippen molar-refractivity contribution in [3.63, 3.8) is 0 Å². The summed E-state index contributed by atoms with van der Waals surface area (Å²) in [6, 6.07) is 0.313. The van der Waals surface area contributed by atoms with Gasteiger partial charge in [0.05, 0.1) is 12.1 Å². The molecule has 1 aliphatic carbocycles. The van der Waals surface area contributed by atoms with E-state index in [9.17, 15) is 0 Å². The average Bonchev–Trinajstić information content (AvgIpc) is 2.35. The Balaban J connectivity index is 2.58. The first-order valence-corrected chi connectivity index (χ1v) is 6.81. The van der Waals surface area contributed by atoms with E-state index in [1.54, 1.807) is 0 Å². The molecule has 0 saturated heterocycles. The molecule has 0 spiro atoms. The quantitative estimate of drug-likeness (QED) is 0.672. The van der Waals surface area contributed by atoms with Gasteiger partial charge in [-0.15, -0.1) is 6.58 Å². The molecule has 94 valence electrons. The molecule has 0 aromatic carbocycles. The lowest BCUT2D eigenvalue weighted by Gasteiger charge is -2.34. The summed E-state index contributed by atoms with van der Waals surface area (Å²) >= 11 is 0. The van der Waals surface area contributed by atoms with Crippen LogP contribution < -0.4 is 5.32 Å². The molecule has 0 aromatic rings. The molecule has 1 rings (SSSR count). The van der Waals surface area contributed by atoms with Crippen molar-refractivity contribution >= 4 is 0 Å². The lowest BCUT2D eigenvalue weighted by atomic mass is 9.82. The first-order chi connectivity index (χ1) is 7.83. The van der Waals surface area contributed by atoms with Crippen molar-refractivity contribution in [2.75, 3.05) is 13.2 Å². The molecule has 0 radical (unpaired) electrons. The van der Waals surface area contributed by atoms with Crippen LogP contribution in [0.2, 0.25) is 0 Å². The van der Waals surface area contributed by atoms with E-state index in [0.717, 1.165) is 19.1 Å². The zero-order chi connectivity index (χ0) is 11.8. The maximum absolute atomic E-state index is 5.95. The molecule has 2 unspecified atom stereocenters. The van der Waals surface area contributed by atoms with Crippen LogP contribution in [0, 0.1) is 5.92 Å². The van der Waals surface area contributed by atoms with Gasteiger partial charge in [0.15, 0.2) is 0 Å². The zero-order valence-corrected chi connectivity index (χ0v) is 10.9. The van der Waals surface area contributed by atoms with Gasteiger partial charge < -0.3 is 10.1 Å². The maximum atomic E-state index is 5.95. The normalized spacial score (nSPS) is 21.6. The number of likely N-dealkylation sites (N-methyl/N-ethyl adjacent to an activating group) is 1. The van der Waals surface area contributed by atoms with Crippen LogP contribution in [0.5, 0.6) is 0 Å². The maximum Gasteiger partial charge on any atom is 0.0791 e. The first kappa shape index (κ1) is 13.7. The Bertz CT molecular complexity index is 187. The number of hydrogen-bond acceptors (Lipinski definition) is 2. The van der Waals surface area contributed by atoms with E-state index in [1.165, 1.54) is 32.1 Å². The summed E-state index contributed by atoms with van der Waals surface area (Å²) in [5, 5.41) is 3.47. The van der Waals surface area contributed by atoms with E-state index < -0.39 is 0 Å². The molecule has 0 amide bonds. The molecule has 0 aromatic heterocycles. The molecule has 0 heterocycles. The van der Waals surface area contributed by atoms with Gasteiger partial charge in [0.1, 0.15) is 0 Å². The van der Waals surface area contributed by atoms with Gasteiger partial charge in [0.25, 0.3) is 0 Å². The Morgan fingerprint density at radius 2 is 2.00 bits per heavy atom. The minimum absolute atomic E-state index is 0.313. The molecule has 2 nitrogen and oxygen atoms in total. The predicted molar refractivity (Wildman–Crippen MR) is 69.7 cm³/mol. The lowest BCUT2D eigenvalue weighted by molar-refractivity contribution is -0.00702. The van der Waals surface area contributed by atoms with Crippen molar-refractivity contribution in [2.24, 2.45) is 5.92 Å². The van der Waals surface area contributed by atoms with Crippen molar-refractivity contribution in [3.05, 3.63) is 12.7 Å². The van der Waals surface area contributed by atoms with E-state index in [0.29, 0.717) is 12.1 Å². The fraction of sp³-hybridized carbons (Fsp3) is 0.857. The monoisotopic (exact) mass is 225 g/mol. The van der Waals surface area contributed by atoms with E-state index in [1.807, 2.05) is 6.08 Å². The van der Waals surface area contributed by atoms with E-state index in [4.69, 9.17) is 4.74 Å². The highest BCUT2D eigenvalue weighted by Crippen LogP contribution is 2.29. The minimum Gasteiger partial charge on any atom is -0.376 e. The number of nitrogens with one attached hydrogen (secondary N) is 1. The molecule has 1 aliphatic rings. The van der Waals surface area contributed by atoms with Gasteiger partial charge >= 0.3 is 0 Å². The van der Waals surface area contributed by atoms with E-state index in [-0.39, 0.29) is 0 Å². The standard InChI is InChI=1S/C14H27NO/c1-4-13(15-5-2)14(16-6-3)12-10-8-7-9-11-12/h4,12-15H,1,5-11H2,2-3H3. The smallest absolute Gasteiger partial charge is 0.0791 e. The second-order valence-electron chi connectivity index (χ2n) is 4.64. The summed E-state index contributed by atoms with van der Waals surface area (Å²) in [7, 11) is 0. The molecule has 0 bridgehead atoms. The van der Waals surface area contributed by atoms with Gasteiger partial charge in [-0.1, -0.05) is 32.3 Å². The molecule has 0 aliphatic heterocycles. The summed E-state index contributed by atoms with van der Waals surface area (Å²) < 4.78 is 5.95. The van der Waals surface area contributed by atoms with Crippen LogP contribution in [-0.4, -0.2) is 25.3 Å². The summed E-state index contributed by atoms with van der Waals surface area (Å²) in [6.45, 7) is 9.94. The lowest BCUT2D eigenvalue weighted by Crippen LogP contribution is -2.44. The minimum atomic E-state index is 0.313. The highest BCUT2D eigenvalue weighted by Gasteiger charge is 2.28. The Hall–Kier alpha value is -0.340. The predicted octanol–water partition coefficient (Wildman–Crippen LogP) is 3.14. The van der Waals surface area contributed by atoms with Crippen LogP contribution >= 0.6 is 0 Å².